The van der Waals surface area contributed by atoms with E-state index in [4.69, 9.17) is 5.11 Å². The molecule has 0 unspecified atom stereocenters. The maximum atomic E-state index is 13.0. The highest BCUT2D eigenvalue weighted by atomic mass is 32.1. The van der Waals surface area contributed by atoms with Crippen LogP contribution in [0.3, 0.4) is 0 Å². The second kappa shape index (κ2) is 4.66. The summed E-state index contributed by atoms with van der Waals surface area (Å²) in [4.78, 5) is 12.5. The van der Waals surface area contributed by atoms with Gasteiger partial charge >= 0.3 is 0 Å². The molecular weight excluding hydrogens is 253 g/mol. The van der Waals surface area contributed by atoms with Crippen molar-refractivity contribution >= 4 is 27.3 Å². The molecule has 0 saturated heterocycles. The van der Waals surface area contributed by atoms with Gasteiger partial charge in [0, 0.05) is 4.70 Å². The van der Waals surface area contributed by atoms with Crippen molar-refractivity contribution in [3.05, 3.63) is 35.0 Å². The predicted octanol–water partition coefficient (Wildman–Crippen LogP) is 2.54. The maximum Gasteiger partial charge on any atom is 0.261 e. The molecule has 96 valence electrons. The highest BCUT2D eigenvalue weighted by Crippen LogP contribution is 2.26. The average molecular weight is 267 g/mol. The van der Waals surface area contributed by atoms with Gasteiger partial charge in [-0.15, -0.1) is 11.3 Å². The Morgan fingerprint density at radius 3 is 2.83 bits per heavy atom. The molecule has 0 radical (unpaired) electrons. The van der Waals surface area contributed by atoms with Gasteiger partial charge in [-0.05, 0) is 37.4 Å². The molecule has 0 aliphatic heterocycles. The number of rotatable bonds is 3. The monoisotopic (exact) mass is 267 g/mol. The molecule has 1 aromatic heterocycles. The molecule has 2 aromatic rings. The van der Waals surface area contributed by atoms with Gasteiger partial charge in [0.25, 0.3) is 5.91 Å². The summed E-state index contributed by atoms with van der Waals surface area (Å²) in [6.45, 7) is 3.33. The number of hydrogen-bond acceptors (Lipinski definition) is 3. The predicted molar refractivity (Wildman–Crippen MR) is 70.4 cm³/mol. The van der Waals surface area contributed by atoms with Gasteiger partial charge in [-0.3, -0.25) is 4.79 Å². The van der Waals surface area contributed by atoms with E-state index in [1.54, 1.807) is 26.0 Å². The largest absolute Gasteiger partial charge is 0.394 e. The first-order chi connectivity index (χ1) is 8.41. The lowest BCUT2D eigenvalue weighted by atomic mass is 10.1. The number of amides is 1. The molecule has 0 aliphatic carbocycles. The van der Waals surface area contributed by atoms with Crippen LogP contribution in [0.25, 0.3) is 10.1 Å². The van der Waals surface area contributed by atoms with Gasteiger partial charge in [0.15, 0.2) is 0 Å². The minimum absolute atomic E-state index is 0.141. The summed E-state index contributed by atoms with van der Waals surface area (Å²) < 4.78 is 13.8. The van der Waals surface area contributed by atoms with E-state index in [1.165, 1.54) is 23.5 Å². The topological polar surface area (TPSA) is 49.3 Å². The number of hydrogen-bond donors (Lipinski definition) is 2. The lowest BCUT2D eigenvalue weighted by Gasteiger charge is -2.22. The highest BCUT2D eigenvalue weighted by Gasteiger charge is 2.21. The fourth-order valence-corrected chi connectivity index (χ4v) is 2.51. The van der Waals surface area contributed by atoms with E-state index in [0.29, 0.717) is 4.88 Å². The maximum absolute atomic E-state index is 13.0. The van der Waals surface area contributed by atoms with Gasteiger partial charge in [0.05, 0.1) is 17.0 Å². The number of carbonyl (C=O) groups excluding carboxylic acids is 1. The molecular formula is C13H14FNO2S. The van der Waals surface area contributed by atoms with E-state index in [0.717, 1.165) is 10.1 Å². The second-order valence-electron chi connectivity index (χ2n) is 4.79. The van der Waals surface area contributed by atoms with E-state index in [-0.39, 0.29) is 18.3 Å². The number of fused-ring (bicyclic) bond motifs is 1. The zero-order chi connectivity index (χ0) is 13.3. The van der Waals surface area contributed by atoms with E-state index in [2.05, 4.69) is 5.32 Å². The SMILES string of the molecule is CC(C)(CO)NC(=O)c1cc2ccc(F)cc2s1. The van der Waals surface area contributed by atoms with Gasteiger partial charge in [-0.25, -0.2) is 4.39 Å². The molecule has 1 heterocycles. The molecule has 0 bridgehead atoms. The zero-order valence-electron chi connectivity index (χ0n) is 10.2. The number of thiophene rings is 1. The third-order valence-electron chi connectivity index (χ3n) is 2.55. The van der Waals surface area contributed by atoms with Crippen LogP contribution >= 0.6 is 11.3 Å². The fourth-order valence-electron chi connectivity index (χ4n) is 1.53. The van der Waals surface area contributed by atoms with Crippen LogP contribution in [0.4, 0.5) is 4.39 Å². The summed E-state index contributed by atoms with van der Waals surface area (Å²) in [5.41, 5.74) is -0.668. The normalized spacial score (nSPS) is 11.8. The minimum Gasteiger partial charge on any atom is -0.394 e. The van der Waals surface area contributed by atoms with E-state index in [1.807, 2.05) is 0 Å². The van der Waals surface area contributed by atoms with Gasteiger partial charge in [-0.2, -0.15) is 0 Å². The Balaban J connectivity index is 2.28. The van der Waals surface area contributed by atoms with Crippen molar-refractivity contribution in [1.29, 1.82) is 0 Å². The lowest BCUT2D eigenvalue weighted by molar-refractivity contribution is 0.0873. The van der Waals surface area contributed by atoms with Crippen LogP contribution in [-0.4, -0.2) is 23.2 Å². The Bertz CT molecular complexity index is 592. The van der Waals surface area contributed by atoms with Crippen LogP contribution in [0.2, 0.25) is 0 Å². The molecule has 2 N–H and O–H groups in total. The van der Waals surface area contributed by atoms with Crippen LogP contribution in [0.15, 0.2) is 24.3 Å². The standard InChI is InChI=1S/C13H14FNO2S/c1-13(2,7-16)15-12(17)11-5-8-3-4-9(14)6-10(8)18-11/h3-6,16H,7H2,1-2H3,(H,15,17). The van der Waals surface area contributed by atoms with Gasteiger partial charge in [-0.1, -0.05) is 6.07 Å². The first kappa shape index (κ1) is 13.0. The number of benzene rings is 1. The summed E-state index contributed by atoms with van der Waals surface area (Å²) in [5, 5.41) is 12.7. The third kappa shape index (κ3) is 2.68. The number of carbonyl (C=O) groups is 1. The number of nitrogens with one attached hydrogen (secondary N) is 1. The molecule has 3 nitrogen and oxygen atoms in total. The number of aliphatic hydroxyl groups excluding tert-OH is 1. The van der Waals surface area contributed by atoms with Crippen molar-refractivity contribution < 1.29 is 14.3 Å². The Labute approximate surface area is 108 Å². The average Bonchev–Trinajstić information content (AvgIpc) is 2.71. The van der Waals surface area contributed by atoms with Crippen molar-refractivity contribution in [2.75, 3.05) is 6.61 Å². The smallest absolute Gasteiger partial charge is 0.261 e. The molecule has 0 aliphatic rings. The molecule has 18 heavy (non-hydrogen) atoms. The molecule has 0 fully saturated rings. The van der Waals surface area contributed by atoms with Gasteiger partial charge in [0.1, 0.15) is 5.82 Å². The first-order valence-electron chi connectivity index (χ1n) is 5.54. The van der Waals surface area contributed by atoms with Crippen molar-refractivity contribution in [2.45, 2.75) is 19.4 Å². The molecule has 0 spiro atoms. The molecule has 1 amide bonds. The second-order valence-corrected chi connectivity index (χ2v) is 5.87. The Kier molecular flexibility index (Phi) is 3.36. The fraction of sp³-hybridized carbons (Fsp3) is 0.308. The lowest BCUT2D eigenvalue weighted by Crippen LogP contribution is -2.46. The van der Waals surface area contributed by atoms with Crippen LogP contribution < -0.4 is 5.32 Å². The van der Waals surface area contributed by atoms with E-state index in [9.17, 15) is 9.18 Å². The third-order valence-corrected chi connectivity index (χ3v) is 3.65. The molecule has 0 atom stereocenters. The zero-order valence-corrected chi connectivity index (χ0v) is 11.0. The van der Waals surface area contributed by atoms with Crippen molar-refractivity contribution in [3.63, 3.8) is 0 Å². The summed E-state index contributed by atoms with van der Waals surface area (Å²) in [6, 6.07) is 6.15. The van der Waals surface area contributed by atoms with Crippen LogP contribution in [0.5, 0.6) is 0 Å². The minimum atomic E-state index is -0.668. The molecule has 5 heteroatoms. The molecule has 1 aromatic carbocycles. The summed E-state index contributed by atoms with van der Waals surface area (Å²) in [5.74, 6) is -0.567. The van der Waals surface area contributed by atoms with Crippen molar-refractivity contribution in [2.24, 2.45) is 0 Å². The summed E-state index contributed by atoms with van der Waals surface area (Å²) >= 11 is 1.24. The van der Waals surface area contributed by atoms with Crippen LogP contribution in [-0.2, 0) is 0 Å². The number of aliphatic hydroxyl groups is 1. The van der Waals surface area contributed by atoms with Gasteiger partial charge in [0.2, 0.25) is 0 Å². The Hall–Kier alpha value is -1.46. The highest BCUT2D eigenvalue weighted by molar-refractivity contribution is 7.20. The quantitative estimate of drug-likeness (QED) is 0.898. The van der Waals surface area contributed by atoms with Crippen LogP contribution in [0, 0.1) is 5.82 Å². The van der Waals surface area contributed by atoms with E-state index < -0.39 is 5.54 Å². The molecule has 0 saturated carbocycles. The van der Waals surface area contributed by atoms with Gasteiger partial charge < -0.3 is 10.4 Å². The summed E-state index contributed by atoms with van der Waals surface area (Å²) in [7, 11) is 0. The Morgan fingerprint density at radius 2 is 2.17 bits per heavy atom. The summed E-state index contributed by atoms with van der Waals surface area (Å²) in [6.07, 6.45) is 0. The number of halogens is 1. The molecule has 2 rings (SSSR count). The van der Waals surface area contributed by atoms with E-state index >= 15 is 0 Å². The van der Waals surface area contributed by atoms with Crippen molar-refractivity contribution in [1.82, 2.24) is 5.32 Å². The van der Waals surface area contributed by atoms with Crippen LogP contribution in [0.1, 0.15) is 23.5 Å². The Morgan fingerprint density at radius 1 is 1.44 bits per heavy atom. The van der Waals surface area contributed by atoms with Crippen molar-refractivity contribution in [3.8, 4) is 0 Å². The first-order valence-corrected chi connectivity index (χ1v) is 6.35.